The highest BCUT2D eigenvalue weighted by atomic mass is 16.6. The van der Waals surface area contributed by atoms with Crippen LogP contribution in [0.25, 0.3) is 10.8 Å². The minimum atomic E-state index is -1.01. The molecular weight excluding hydrogens is 660 g/mol. The van der Waals surface area contributed by atoms with Crippen LogP contribution in [0.1, 0.15) is 63.3 Å². The third-order valence-electron chi connectivity index (χ3n) is 11.2. The first-order chi connectivity index (χ1) is 24.9. The van der Waals surface area contributed by atoms with E-state index in [4.69, 9.17) is 19.4 Å². The van der Waals surface area contributed by atoms with Gasteiger partial charge in [0, 0.05) is 69.0 Å². The maximum absolute atomic E-state index is 12.8. The van der Waals surface area contributed by atoms with Crippen molar-refractivity contribution >= 4 is 34.5 Å². The number of nitriles is 1. The van der Waals surface area contributed by atoms with Gasteiger partial charge in [-0.05, 0) is 70.4 Å². The molecule has 2 saturated heterocycles. The van der Waals surface area contributed by atoms with Gasteiger partial charge in [-0.3, -0.25) is 4.90 Å². The lowest BCUT2D eigenvalue weighted by Crippen LogP contribution is -2.55. The Morgan fingerprint density at radius 1 is 1.06 bits per heavy atom. The number of ether oxygens (including phenoxy) is 2. The van der Waals surface area contributed by atoms with E-state index in [1.807, 2.05) is 27.8 Å². The number of carbonyl (C=O) groups is 2. The fraction of sp³-hybridized carbons (Fsp3) is 0.564. The van der Waals surface area contributed by atoms with Crippen LogP contribution in [0.4, 0.5) is 21.1 Å². The van der Waals surface area contributed by atoms with Crippen LogP contribution in [-0.2, 0) is 17.7 Å². The lowest BCUT2D eigenvalue weighted by Gasteiger charge is -2.41. The Labute approximate surface area is 305 Å². The first-order valence-electron chi connectivity index (χ1n) is 18.4. The molecule has 3 aliphatic heterocycles. The smallest absolute Gasteiger partial charge is 0.410 e. The van der Waals surface area contributed by atoms with Crippen molar-refractivity contribution in [3.05, 3.63) is 53.2 Å². The average Bonchev–Trinajstić information content (AvgIpc) is 3.74. The van der Waals surface area contributed by atoms with Crippen LogP contribution in [0.15, 0.2) is 36.4 Å². The molecule has 1 N–H and O–H groups in total. The van der Waals surface area contributed by atoms with Crippen molar-refractivity contribution in [3.63, 3.8) is 0 Å². The van der Waals surface area contributed by atoms with Crippen molar-refractivity contribution in [2.24, 2.45) is 0 Å². The first kappa shape index (κ1) is 35.6. The Morgan fingerprint density at radius 3 is 2.54 bits per heavy atom. The maximum atomic E-state index is 12.8. The Bertz CT molecular complexity index is 1880. The number of likely N-dealkylation sites (tertiary alicyclic amines) is 1. The van der Waals surface area contributed by atoms with Crippen LogP contribution in [0.5, 0.6) is 6.01 Å². The number of fused-ring (bicyclic) bond motifs is 2. The number of benzene rings is 2. The van der Waals surface area contributed by atoms with Crippen molar-refractivity contribution in [2.75, 3.05) is 62.7 Å². The summed E-state index contributed by atoms with van der Waals surface area (Å²) in [6.45, 7) is 12.3. The molecule has 7 rings (SSSR count). The lowest BCUT2D eigenvalue weighted by molar-refractivity contribution is 0.0219. The predicted octanol–water partition coefficient (Wildman–Crippen LogP) is 5.44. The maximum Gasteiger partial charge on any atom is 0.410 e. The van der Waals surface area contributed by atoms with Crippen LogP contribution in [-0.4, -0.2) is 118 Å². The number of carboxylic acid groups (broad SMARTS) is 1. The van der Waals surface area contributed by atoms with Crippen molar-refractivity contribution < 1.29 is 24.2 Å². The molecule has 0 spiro atoms. The number of hydrogen-bond donors (Lipinski definition) is 1. The second kappa shape index (κ2) is 14.0. The molecule has 0 bridgehead atoms. The number of rotatable bonds is 8. The van der Waals surface area contributed by atoms with Crippen LogP contribution in [0.3, 0.4) is 0 Å². The molecule has 3 fully saturated rings. The van der Waals surface area contributed by atoms with E-state index in [0.29, 0.717) is 32.3 Å². The number of likely N-dealkylation sites (N-methyl/N-ethyl adjacent to an activating group) is 1. The van der Waals surface area contributed by atoms with Gasteiger partial charge in [-0.1, -0.05) is 30.3 Å². The summed E-state index contributed by atoms with van der Waals surface area (Å²) in [7, 11) is 1.82. The van der Waals surface area contributed by atoms with Crippen LogP contribution in [0.2, 0.25) is 0 Å². The standard InChI is InChI=1S/C39H50N8O5/c1-26-8-6-9-27-10-7-11-32(33(26)27)44-18-14-30-31(24-44)41-35(42-34(30)45-20-21-47(36(48)49)29(22-45)12-17-40)51-25-39(15-16-39)46-19-13-28(23-46)43(5)37(50)52-38(2,3)4/h6-11,28-29H,12-16,18-25H2,1-5H3,(H,48,49)/t28-,29?/m1/s1. The number of nitrogens with zero attached hydrogens (tertiary/aromatic N) is 8. The SMILES string of the molecule is Cc1cccc2cccc(N3CCc4c(nc(OCC5(N6CC[C@@H](N(C)C(=O)OC(C)(C)C)C6)CC5)nc4N4CCN(C(=O)O)C(CC#N)C4)C3)c12. The molecule has 3 aromatic rings. The van der Waals surface area contributed by atoms with E-state index in [-0.39, 0.29) is 30.6 Å². The normalized spacial score (nSPS) is 21.4. The van der Waals surface area contributed by atoms with Crippen molar-refractivity contribution in [1.29, 1.82) is 5.26 Å². The minimum Gasteiger partial charge on any atom is -0.465 e. The number of amides is 2. The molecule has 2 aromatic carbocycles. The Hall–Kier alpha value is -4.83. The van der Waals surface area contributed by atoms with E-state index in [9.17, 15) is 20.0 Å². The number of carbonyl (C=O) groups excluding carboxylic acids is 1. The van der Waals surface area contributed by atoms with Gasteiger partial charge < -0.3 is 34.2 Å². The molecule has 1 aliphatic carbocycles. The fourth-order valence-corrected chi connectivity index (χ4v) is 8.14. The van der Waals surface area contributed by atoms with Crippen molar-refractivity contribution in [2.45, 2.75) is 89.6 Å². The molecular formula is C39H50N8O5. The van der Waals surface area contributed by atoms with Crippen LogP contribution in [0, 0.1) is 18.3 Å². The molecule has 1 aromatic heterocycles. The monoisotopic (exact) mass is 710 g/mol. The summed E-state index contributed by atoms with van der Waals surface area (Å²) in [5.41, 5.74) is 3.66. The molecule has 4 heterocycles. The van der Waals surface area contributed by atoms with Crippen LogP contribution >= 0.6 is 0 Å². The summed E-state index contributed by atoms with van der Waals surface area (Å²) in [4.78, 5) is 45.0. The Balaban J connectivity index is 1.14. The summed E-state index contributed by atoms with van der Waals surface area (Å²) in [6, 6.07) is 14.9. The molecule has 2 amide bonds. The molecule has 276 valence electrons. The third kappa shape index (κ3) is 7.13. The number of piperazine rings is 1. The second-order valence-corrected chi connectivity index (χ2v) is 15.8. The zero-order valence-electron chi connectivity index (χ0n) is 31.0. The molecule has 13 heteroatoms. The van der Waals surface area contributed by atoms with Gasteiger partial charge in [0.1, 0.15) is 18.0 Å². The third-order valence-corrected chi connectivity index (χ3v) is 11.2. The summed E-state index contributed by atoms with van der Waals surface area (Å²) in [5.74, 6) is 0.770. The van der Waals surface area contributed by atoms with Gasteiger partial charge in [0.05, 0.1) is 36.3 Å². The van der Waals surface area contributed by atoms with E-state index in [1.165, 1.54) is 26.9 Å². The van der Waals surface area contributed by atoms with Gasteiger partial charge in [-0.2, -0.15) is 15.2 Å². The molecule has 13 nitrogen and oxygen atoms in total. The van der Waals surface area contributed by atoms with Crippen LogP contribution < -0.4 is 14.5 Å². The zero-order chi connectivity index (χ0) is 36.8. The van der Waals surface area contributed by atoms with E-state index < -0.39 is 17.7 Å². The molecule has 2 atom stereocenters. The summed E-state index contributed by atoms with van der Waals surface area (Å²) in [6.07, 6.45) is 2.38. The highest BCUT2D eigenvalue weighted by molar-refractivity contribution is 5.97. The van der Waals surface area contributed by atoms with Gasteiger partial charge >= 0.3 is 18.2 Å². The van der Waals surface area contributed by atoms with E-state index in [1.54, 1.807) is 4.90 Å². The summed E-state index contributed by atoms with van der Waals surface area (Å²) in [5, 5.41) is 21.8. The molecule has 4 aliphatic rings. The van der Waals surface area contributed by atoms with Crippen molar-refractivity contribution in [3.8, 4) is 12.1 Å². The van der Waals surface area contributed by atoms with E-state index in [0.717, 1.165) is 62.4 Å². The number of hydrogen-bond acceptors (Lipinski definition) is 10. The number of aromatic nitrogens is 2. The number of aryl methyl sites for hydroxylation is 1. The summed E-state index contributed by atoms with van der Waals surface area (Å²) < 4.78 is 12.2. The Morgan fingerprint density at radius 2 is 1.83 bits per heavy atom. The highest BCUT2D eigenvalue weighted by Gasteiger charge is 2.52. The van der Waals surface area contributed by atoms with E-state index in [2.05, 4.69) is 64.1 Å². The Kier molecular flexibility index (Phi) is 9.54. The molecule has 1 saturated carbocycles. The largest absolute Gasteiger partial charge is 0.465 e. The molecule has 1 unspecified atom stereocenters. The van der Waals surface area contributed by atoms with Gasteiger partial charge in [0.25, 0.3) is 0 Å². The van der Waals surface area contributed by atoms with Crippen molar-refractivity contribution in [1.82, 2.24) is 24.7 Å². The van der Waals surface area contributed by atoms with E-state index >= 15 is 0 Å². The average molecular weight is 711 g/mol. The van der Waals surface area contributed by atoms with Gasteiger partial charge in [-0.25, -0.2) is 9.59 Å². The second-order valence-electron chi connectivity index (χ2n) is 15.8. The summed E-state index contributed by atoms with van der Waals surface area (Å²) >= 11 is 0. The molecule has 0 radical (unpaired) electrons. The fourth-order valence-electron chi connectivity index (χ4n) is 8.14. The quantitative estimate of drug-likeness (QED) is 0.320. The van der Waals surface area contributed by atoms with Gasteiger partial charge in [-0.15, -0.1) is 0 Å². The van der Waals surface area contributed by atoms with Gasteiger partial charge in [0.2, 0.25) is 0 Å². The zero-order valence-corrected chi connectivity index (χ0v) is 31.0. The lowest BCUT2D eigenvalue weighted by atomic mass is 9.99. The predicted molar refractivity (Wildman–Crippen MR) is 198 cm³/mol. The minimum absolute atomic E-state index is 0.0634. The molecule has 52 heavy (non-hydrogen) atoms. The van der Waals surface area contributed by atoms with Gasteiger partial charge in [0.15, 0.2) is 0 Å². The first-order valence-corrected chi connectivity index (χ1v) is 18.4. The highest BCUT2D eigenvalue weighted by Crippen LogP contribution is 2.44. The topological polar surface area (TPSA) is 139 Å². The number of anilines is 2.